The minimum absolute atomic E-state index is 0.167. The standard InChI is InChI=1S/C31H57F/c1-12-13-14-23(4)25(6)17-18-27(8)29(10)21-31(32)30(11)28(9)20-19-26(7)24(5)16-15-22(2)3/h21-28H,10-20H2,1-9H3/b31-21+. The van der Waals surface area contributed by atoms with Crippen molar-refractivity contribution in [3.05, 3.63) is 36.2 Å². The molecule has 0 aliphatic carbocycles. The molecule has 32 heavy (non-hydrogen) atoms. The Morgan fingerprint density at radius 1 is 0.656 bits per heavy atom. The zero-order chi connectivity index (χ0) is 24.8. The molecule has 0 fully saturated rings. The van der Waals surface area contributed by atoms with E-state index in [2.05, 4.69) is 75.5 Å². The first-order valence-corrected chi connectivity index (χ1v) is 13.7. The van der Waals surface area contributed by atoms with E-state index in [9.17, 15) is 4.39 Å². The molecule has 0 saturated carbocycles. The van der Waals surface area contributed by atoms with Crippen molar-refractivity contribution in [3.8, 4) is 0 Å². The van der Waals surface area contributed by atoms with Crippen LogP contribution in [0.3, 0.4) is 0 Å². The topological polar surface area (TPSA) is 0 Å². The predicted molar refractivity (Wildman–Crippen MR) is 145 cm³/mol. The highest BCUT2D eigenvalue weighted by atomic mass is 19.1. The lowest BCUT2D eigenvalue weighted by Crippen LogP contribution is -2.11. The van der Waals surface area contributed by atoms with Crippen molar-refractivity contribution in [2.24, 2.45) is 41.4 Å². The zero-order valence-corrected chi connectivity index (χ0v) is 23.3. The van der Waals surface area contributed by atoms with Gasteiger partial charge in [0.1, 0.15) is 5.83 Å². The Bertz CT molecular complexity index is 555. The highest BCUT2D eigenvalue weighted by molar-refractivity contribution is 5.32. The maximum absolute atomic E-state index is 14.9. The molecule has 0 N–H and O–H groups in total. The molecule has 6 unspecified atom stereocenters. The van der Waals surface area contributed by atoms with Crippen LogP contribution in [0.1, 0.15) is 120 Å². The molecule has 0 heterocycles. The molecule has 0 saturated heterocycles. The Morgan fingerprint density at radius 3 is 1.56 bits per heavy atom. The first-order chi connectivity index (χ1) is 14.9. The average molecular weight is 449 g/mol. The molecule has 188 valence electrons. The van der Waals surface area contributed by atoms with Crippen LogP contribution in [0.2, 0.25) is 0 Å². The number of halogens is 1. The Labute approximate surface area is 202 Å². The molecule has 0 aliphatic heterocycles. The van der Waals surface area contributed by atoms with Gasteiger partial charge in [-0.25, -0.2) is 4.39 Å². The SMILES string of the molecule is C=C(/C=C(/F)C(=C)C(C)CCC(C)C(C)CCC(C)C)C(C)CCC(C)C(C)CCCC. The fourth-order valence-corrected chi connectivity index (χ4v) is 4.28. The summed E-state index contributed by atoms with van der Waals surface area (Å²) in [5.74, 6) is 3.97. The van der Waals surface area contributed by atoms with Crippen molar-refractivity contribution in [2.75, 3.05) is 0 Å². The van der Waals surface area contributed by atoms with E-state index in [0.717, 1.165) is 42.6 Å². The van der Waals surface area contributed by atoms with Crippen LogP contribution >= 0.6 is 0 Å². The lowest BCUT2D eigenvalue weighted by Gasteiger charge is -2.23. The van der Waals surface area contributed by atoms with Gasteiger partial charge in [-0.15, -0.1) is 0 Å². The van der Waals surface area contributed by atoms with Gasteiger partial charge in [0.15, 0.2) is 0 Å². The maximum atomic E-state index is 14.9. The van der Waals surface area contributed by atoms with Crippen molar-refractivity contribution < 1.29 is 4.39 Å². The van der Waals surface area contributed by atoms with Gasteiger partial charge in [-0.1, -0.05) is 108 Å². The second-order valence-electron chi connectivity index (χ2n) is 11.6. The molecular weight excluding hydrogens is 391 g/mol. The highest BCUT2D eigenvalue weighted by Gasteiger charge is 2.18. The maximum Gasteiger partial charge on any atom is 0.126 e. The summed E-state index contributed by atoms with van der Waals surface area (Å²) in [5, 5.41) is 0. The van der Waals surface area contributed by atoms with E-state index in [1.54, 1.807) is 6.08 Å². The third-order valence-electron chi connectivity index (χ3n) is 8.11. The molecule has 6 atom stereocenters. The van der Waals surface area contributed by atoms with Gasteiger partial charge in [0.2, 0.25) is 0 Å². The molecule has 0 rings (SSSR count). The Balaban J connectivity index is 4.55. The van der Waals surface area contributed by atoms with Crippen LogP contribution < -0.4 is 0 Å². The normalized spacial score (nSPS) is 18.2. The summed E-state index contributed by atoms with van der Waals surface area (Å²) in [7, 11) is 0. The van der Waals surface area contributed by atoms with Crippen LogP contribution in [-0.4, -0.2) is 0 Å². The third kappa shape index (κ3) is 13.0. The molecule has 0 amide bonds. The van der Waals surface area contributed by atoms with Crippen LogP contribution in [0.15, 0.2) is 36.2 Å². The van der Waals surface area contributed by atoms with E-state index >= 15 is 0 Å². The van der Waals surface area contributed by atoms with Crippen LogP contribution in [0.25, 0.3) is 0 Å². The van der Waals surface area contributed by atoms with E-state index in [1.165, 1.54) is 38.5 Å². The van der Waals surface area contributed by atoms with Crippen LogP contribution in [0.4, 0.5) is 4.39 Å². The first-order valence-electron chi connectivity index (χ1n) is 13.7. The Morgan fingerprint density at radius 2 is 1.09 bits per heavy atom. The highest BCUT2D eigenvalue weighted by Crippen LogP contribution is 2.31. The third-order valence-corrected chi connectivity index (χ3v) is 8.11. The monoisotopic (exact) mass is 448 g/mol. The molecule has 0 aromatic heterocycles. The van der Waals surface area contributed by atoms with Gasteiger partial charge < -0.3 is 0 Å². The van der Waals surface area contributed by atoms with Gasteiger partial charge in [0.25, 0.3) is 0 Å². The van der Waals surface area contributed by atoms with E-state index < -0.39 is 0 Å². The van der Waals surface area contributed by atoms with Crippen molar-refractivity contribution in [2.45, 2.75) is 120 Å². The second-order valence-corrected chi connectivity index (χ2v) is 11.6. The molecule has 1 heteroatoms. The van der Waals surface area contributed by atoms with Crippen LogP contribution in [0.5, 0.6) is 0 Å². The molecule has 0 spiro atoms. The summed E-state index contributed by atoms with van der Waals surface area (Å²) in [6.45, 7) is 28.9. The number of allylic oxidation sites excluding steroid dienone is 4. The molecule has 0 aromatic carbocycles. The van der Waals surface area contributed by atoms with Gasteiger partial charge in [-0.3, -0.25) is 0 Å². The molecule has 0 aromatic rings. The average Bonchev–Trinajstić information content (AvgIpc) is 2.75. The fraction of sp³-hybridized carbons (Fsp3) is 0.806. The van der Waals surface area contributed by atoms with Crippen molar-refractivity contribution in [3.63, 3.8) is 0 Å². The van der Waals surface area contributed by atoms with E-state index in [-0.39, 0.29) is 11.7 Å². The Kier molecular flexibility index (Phi) is 16.3. The summed E-state index contributed by atoms with van der Waals surface area (Å²) in [5.41, 5.74) is 1.54. The van der Waals surface area contributed by atoms with Crippen LogP contribution in [0, 0.1) is 41.4 Å². The summed E-state index contributed by atoms with van der Waals surface area (Å²) >= 11 is 0. The predicted octanol–water partition coefficient (Wildman–Crippen LogP) is 11.0. The minimum Gasteiger partial charge on any atom is -0.207 e. The quantitative estimate of drug-likeness (QED) is 0.183. The van der Waals surface area contributed by atoms with Gasteiger partial charge in [0, 0.05) is 0 Å². The first kappa shape index (κ1) is 31.1. The Hall–Kier alpha value is -0.850. The lowest BCUT2D eigenvalue weighted by atomic mass is 9.83. The minimum atomic E-state index is -0.167. The summed E-state index contributed by atoms with van der Waals surface area (Å²) in [6.07, 6.45) is 12.5. The largest absolute Gasteiger partial charge is 0.207 e. The summed E-state index contributed by atoms with van der Waals surface area (Å²) in [4.78, 5) is 0. The van der Waals surface area contributed by atoms with E-state index in [0.29, 0.717) is 23.3 Å². The number of unbranched alkanes of at least 4 members (excludes halogenated alkanes) is 1. The van der Waals surface area contributed by atoms with E-state index in [1.807, 2.05) is 0 Å². The second kappa shape index (κ2) is 16.7. The molecular formula is C31H57F. The van der Waals surface area contributed by atoms with Gasteiger partial charge in [0.05, 0.1) is 0 Å². The van der Waals surface area contributed by atoms with Crippen molar-refractivity contribution in [1.82, 2.24) is 0 Å². The summed E-state index contributed by atoms with van der Waals surface area (Å²) in [6, 6.07) is 0. The number of hydrogen-bond donors (Lipinski definition) is 0. The van der Waals surface area contributed by atoms with E-state index in [4.69, 9.17) is 0 Å². The zero-order valence-electron chi connectivity index (χ0n) is 23.3. The van der Waals surface area contributed by atoms with Gasteiger partial charge >= 0.3 is 0 Å². The molecule has 0 bridgehead atoms. The summed E-state index contributed by atoms with van der Waals surface area (Å²) < 4.78 is 14.9. The van der Waals surface area contributed by atoms with Gasteiger partial charge in [-0.05, 0) is 84.3 Å². The van der Waals surface area contributed by atoms with Gasteiger partial charge in [-0.2, -0.15) is 0 Å². The lowest BCUT2D eigenvalue weighted by molar-refractivity contribution is 0.305. The van der Waals surface area contributed by atoms with Crippen LogP contribution in [-0.2, 0) is 0 Å². The fourth-order valence-electron chi connectivity index (χ4n) is 4.28. The smallest absolute Gasteiger partial charge is 0.126 e. The number of hydrogen-bond acceptors (Lipinski definition) is 0. The molecule has 0 nitrogen and oxygen atoms in total. The molecule has 0 radical (unpaired) electrons. The number of rotatable bonds is 18. The van der Waals surface area contributed by atoms with Crippen molar-refractivity contribution >= 4 is 0 Å². The molecule has 0 aliphatic rings. The van der Waals surface area contributed by atoms with Crippen molar-refractivity contribution in [1.29, 1.82) is 0 Å².